The van der Waals surface area contributed by atoms with Gasteiger partial charge in [0.1, 0.15) is 31.8 Å². The highest BCUT2D eigenvalue weighted by Gasteiger charge is 2.40. The predicted molar refractivity (Wildman–Crippen MR) is 114 cm³/mol. The van der Waals surface area contributed by atoms with Gasteiger partial charge in [0.05, 0.1) is 0 Å². The fraction of sp³-hybridized carbons (Fsp3) is 0.565. The number of carbonyl (C=O) groups excluding carboxylic acids is 4. The summed E-state index contributed by atoms with van der Waals surface area (Å²) in [7, 11) is 0. The Labute approximate surface area is 187 Å². The number of alkyl carbamates (subject to hydrolysis) is 1. The number of fused-ring (bicyclic) bond motifs is 2. The van der Waals surface area contributed by atoms with E-state index in [0.29, 0.717) is 18.4 Å². The highest BCUT2D eigenvalue weighted by atomic mass is 16.6. The zero-order valence-electron chi connectivity index (χ0n) is 18.2. The van der Waals surface area contributed by atoms with E-state index in [1.165, 1.54) is 19.3 Å². The number of ether oxygens (including phenoxy) is 4. The van der Waals surface area contributed by atoms with Crippen LogP contribution >= 0.6 is 0 Å². The van der Waals surface area contributed by atoms with E-state index < -0.39 is 29.4 Å². The Morgan fingerprint density at radius 1 is 0.781 bits per heavy atom. The molecular weight excluding hydrogens is 418 g/mol. The Morgan fingerprint density at radius 2 is 1.28 bits per heavy atom. The topological polar surface area (TPSA) is 117 Å². The first-order valence-electron chi connectivity index (χ1n) is 10.6. The van der Waals surface area contributed by atoms with Crippen LogP contribution in [-0.2, 0) is 33.3 Å². The minimum Gasteiger partial charge on any atom is -0.462 e. The Bertz CT molecular complexity index is 686. The van der Waals surface area contributed by atoms with Gasteiger partial charge in [0, 0.05) is 24.8 Å². The summed E-state index contributed by atoms with van der Waals surface area (Å²) in [5, 5.41) is 2.78. The first-order chi connectivity index (χ1) is 15.3. The standard InChI is InChI=1S/C23H31NO8/c1-4-19(25)29-12-23(13-30-20(26)5-2,14-31-21(27)6-3)15-32-22(28)24-11-18-10-16-7-8-17(18)9-16/h4-6,16-18H,1-3,7-15H2,(H,24,28). The molecule has 2 bridgehead atoms. The van der Waals surface area contributed by atoms with Gasteiger partial charge in [-0.2, -0.15) is 0 Å². The van der Waals surface area contributed by atoms with Crippen molar-refractivity contribution >= 4 is 24.0 Å². The van der Waals surface area contributed by atoms with Crippen molar-refractivity contribution in [3.63, 3.8) is 0 Å². The summed E-state index contributed by atoms with van der Waals surface area (Å²) in [5.74, 6) is -0.356. The first-order valence-corrected chi connectivity index (χ1v) is 10.6. The van der Waals surface area contributed by atoms with Crippen LogP contribution in [0.25, 0.3) is 0 Å². The van der Waals surface area contributed by atoms with Crippen LogP contribution < -0.4 is 5.32 Å². The summed E-state index contributed by atoms with van der Waals surface area (Å²) >= 11 is 0. The molecule has 2 fully saturated rings. The van der Waals surface area contributed by atoms with Crippen LogP contribution in [0.2, 0.25) is 0 Å². The van der Waals surface area contributed by atoms with Gasteiger partial charge in [0.2, 0.25) is 0 Å². The van der Waals surface area contributed by atoms with Crippen LogP contribution in [0.1, 0.15) is 25.7 Å². The highest BCUT2D eigenvalue weighted by molar-refractivity contribution is 5.82. The Morgan fingerprint density at radius 3 is 1.69 bits per heavy atom. The molecule has 2 saturated carbocycles. The molecular formula is C23H31NO8. The second kappa shape index (κ2) is 12.1. The molecule has 0 aliphatic heterocycles. The summed E-state index contributed by atoms with van der Waals surface area (Å²) in [6.45, 7) is 9.08. The molecule has 0 aromatic rings. The average Bonchev–Trinajstić information content (AvgIpc) is 3.44. The van der Waals surface area contributed by atoms with Gasteiger partial charge in [0.15, 0.2) is 0 Å². The van der Waals surface area contributed by atoms with E-state index in [-0.39, 0.29) is 26.4 Å². The summed E-state index contributed by atoms with van der Waals surface area (Å²) in [6, 6.07) is 0. The lowest BCUT2D eigenvalue weighted by atomic mass is 9.89. The monoisotopic (exact) mass is 449 g/mol. The predicted octanol–water partition coefficient (Wildman–Crippen LogP) is 2.32. The van der Waals surface area contributed by atoms with Crippen molar-refractivity contribution in [3.8, 4) is 0 Å². The summed E-state index contributed by atoms with van der Waals surface area (Å²) in [5.41, 5.74) is -1.33. The molecule has 0 heterocycles. The maximum absolute atomic E-state index is 12.3. The number of hydrogen-bond acceptors (Lipinski definition) is 8. The lowest BCUT2D eigenvalue weighted by Crippen LogP contribution is -2.45. The van der Waals surface area contributed by atoms with E-state index in [0.717, 1.165) is 30.6 Å². The van der Waals surface area contributed by atoms with Gasteiger partial charge >= 0.3 is 24.0 Å². The molecule has 1 amide bonds. The van der Waals surface area contributed by atoms with Gasteiger partial charge in [-0.1, -0.05) is 26.2 Å². The van der Waals surface area contributed by atoms with E-state index in [1.54, 1.807) is 0 Å². The SMILES string of the molecule is C=CC(=O)OCC(COC(=O)C=C)(COC(=O)C=C)COC(=O)NCC1CC2CCC1C2. The maximum atomic E-state index is 12.3. The van der Waals surface area contributed by atoms with E-state index in [1.807, 2.05) is 0 Å². The maximum Gasteiger partial charge on any atom is 0.407 e. The van der Waals surface area contributed by atoms with Crippen LogP contribution in [0.4, 0.5) is 4.79 Å². The highest BCUT2D eigenvalue weighted by Crippen LogP contribution is 2.47. The average molecular weight is 450 g/mol. The van der Waals surface area contributed by atoms with E-state index in [9.17, 15) is 19.2 Å². The van der Waals surface area contributed by atoms with Crippen molar-refractivity contribution in [1.29, 1.82) is 0 Å². The van der Waals surface area contributed by atoms with E-state index >= 15 is 0 Å². The molecule has 3 atom stereocenters. The molecule has 9 nitrogen and oxygen atoms in total. The van der Waals surface area contributed by atoms with Crippen LogP contribution in [-0.4, -0.2) is 57.0 Å². The Kier molecular flexibility index (Phi) is 9.49. The summed E-state index contributed by atoms with van der Waals surface area (Å²) < 4.78 is 20.6. The second-order valence-corrected chi connectivity index (χ2v) is 8.33. The minimum atomic E-state index is -1.33. The van der Waals surface area contributed by atoms with E-state index in [2.05, 4.69) is 25.1 Å². The number of rotatable bonds is 13. The molecule has 0 aromatic carbocycles. The molecule has 176 valence electrons. The van der Waals surface area contributed by atoms with Crippen LogP contribution in [0.5, 0.6) is 0 Å². The van der Waals surface area contributed by atoms with Gasteiger partial charge in [-0.3, -0.25) is 0 Å². The third kappa shape index (κ3) is 7.55. The number of esters is 3. The van der Waals surface area contributed by atoms with Crippen LogP contribution in [0.3, 0.4) is 0 Å². The fourth-order valence-electron chi connectivity index (χ4n) is 4.21. The van der Waals surface area contributed by atoms with Crippen molar-refractivity contribution < 1.29 is 38.1 Å². The number of nitrogens with one attached hydrogen (secondary N) is 1. The quantitative estimate of drug-likeness (QED) is 0.259. The normalized spacial score (nSPS) is 21.2. The van der Waals surface area contributed by atoms with Crippen molar-refractivity contribution in [2.75, 3.05) is 33.0 Å². The zero-order valence-corrected chi connectivity index (χ0v) is 18.2. The third-order valence-electron chi connectivity index (χ3n) is 5.96. The van der Waals surface area contributed by atoms with Gasteiger partial charge in [-0.05, 0) is 37.0 Å². The molecule has 0 saturated heterocycles. The smallest absolute Gasteiger partial charge is 0.407 e. The molecule has 9 heteroatoms. The number of amides is 1. The van der Waals surface area contributed by atoms with Gasteiger partial charge < -0.3 is 24.3 Å². The second-order valence-electron chi connectivity index (χ2n) is 8.33. The Balaban J connectivity index is 1.99. The third-order valence-corrected chi connectivity index (χ3v) is 5.96. The fourth-order valence-corrected chi connectivity index (χ4v) is 4.21. The van der Waals surface area contributed by atoms with Gasteiger partial charge in [-0.25, -0.2) is 19.2 Å². The molecule has 2 aliphatic rings. The molecule has 2 aliphatic carbocycles. The molecule has 0 radical (unpaired) electrons. The van der Waals surface area contributed by atoms with Crippen molar-refractivity contribution in [3.05, 3.63) is 38.0 Å². The minimum absolute atomic E-state index is 0.338. The molecule has 3 unspecified atom stereocenters. The van der Waals surface area contributed by atoms with Gasteiger partial charge in [-0.15, -0.1) is 0 Å². The largest absolute Gasteiger partial charge is 0.462 e. The molecule has 1 N–H and O–H groups in total. The van der Waals surface area contributed by atoms with Crippen molar-refractivity contribution in [2.45, 2.75) is 25.7 Å². The number of hydrogen-bond donors (Lipinski definition) is 1. The van der Waals surface area contributed by atoms with Crippen LogP contribution in [0, 0.1) is 23.2 Å². The number of carbonyl (C=O) groups is 4. The lowest BCUT2D eigenvalue weighted by molar-refractivity contribution is -0.159. The van der Waals surface area contributed by atoms with Crippen molar-refractivity contribution in [1.82, 2.24) is 5.32 Å². The summed E-state index contributed by atoms with van der Waals surface area (Å²) in [6.07, 6.45) is 7.02. The molecule has 0 aromatic heterocycles. The lowest BCUT2D eigenvalue weighted by Gasteiger charge is -2.31. The van der Waals surface area contributed by atoms with Gasteiger partial charge in [0.25, 0.3) is 0 Å². The van der Waals surface area contributed by atoms with Crippen LogP contribution in [0.15, 0.2) is 38.0 Å². The first kappa shape index (κ1) is 25.2. The molecule has 32 heavy (non-hydrogen) atoms. The molecule has 0 spiro atoms. The van der Waals surface area contributed by atoms with E-state index in [4.69, 9.17) is 18.9 Å². The van der Waals surface area contributed by atoms with Crippen molar-refractivity contribution in [2.24, 2.45) is 23.2 Å². The Hall–Kier alpha value is -3.10. The molecule has 2 rings (SSSR count). The zero-order chi connectivity index (χ0) is 23.6. The summed E-state index contributed by atoms with van der Waals surface area (Å²) in [4.78, 5) is 47.1.